The Kier molecular flexibility index (Phi) is 2.84. The van der Waals surface area contributed by atoms with Gasteiger partial charge in [-0.2, -0.15) is 0 Å². The first kappa shape index (κ1) is 9.95. The number of hydrogen-bond acceptors (Lipinski definition) is 1. The van der Waals surface area contributed by atoms with Gasteiger partial charge in [0.1, 0.15) is 5.82 Å². The minimum absolute atomic E-state index is 0.265. The lowest BCUT2D eigenvalue weighted by atomic mass is 10.2. The SMILES string of the molecule is Cc1ccc(C#Cc2ccccc2F)s1. The van der Waals surface area contributed by atoms with Crippen molar-refractivity contribution >= 4 is 11.3 Å². The summed E-state index contributed by atoms with van der Waals surface area (Å²) < 4.78 is 13.2. The van der Waals surface area contributed by atoms with Crippen molar-refractivity contribution < 1.29 is 4.39 Å². The first-order chi connectivity index (χ1) is 7.25. The molecule has 0 bridgehead atoms. The van der Waals surface area contributed by atoms with Gasteiger partial charge < -0.3 is 0 Å². The molecule has 74 valence electrons. The normalized spacial score (nSPS) is 9.47. The van der Waals surface area contributed by atoms with Crippen LogP contribution < -0.4 is 0 Å². The molecular weight excluding hydrogens is 207 g/mol. The first-order valence-electron chi connectivity index (χ1n) is 4.59. The molecule has 0 unspecified atom stereocenters. The highest BCUT2D eigenvalue weighted by Gasteiger charge is 1.95. The van der Waals surface area contributed by atoms with E-state index < -0.39 is 0 Å². The standard InChI is InChI=1S/C13H9FS/c1-10-6-8-12(15-10)9-7-11-4-2-3-5-13(11)14/h2-6,8H,1H3. The lowest BCUT2D eigenvalue weighted by Gasteiger charge is -1.90. The molecule has 0 saturated carbocycles. The fourth-order valence-corrected chi connectivity index (χ4v) is 1.91. The molecule has 0 atom stereocenters. The van der Waals surface area contributed by atoms with Gasteiger partial charge in [-0.25, -0.2) is 4.39 Å². The van der Waals surface area contributed by atoms with Crippen LogP contribution in [0.3, 0.4) is 0 Å². The third-order valence-corrected chi connectivity index (χ3v) is 2.85. The van der Waals surface area contributed by atoms with E-state index in [4.69, 9.17) is 0 Å². The van der Waals surface area contributed by atoms with Gasteiger partial charge in [0.15, 0.2) is 0 Å². The Labute approximate surface area is 92.4 Å². The molecule has 0 aliphatic rings. The maximum absolute atomic E-state index is 13.2. The van der Waals surface area contributed by atoms with Crippen molar-refractivity contribution in [3.8, 4) is 11.8 Å². The molecule has 0 N–H and O–H groups in total. The van der Waals surface area contributed by atoms with Gasteiger partial charge in [0.2, 0.25) is 0 Å². The molecular formula is C13H9FS. The van der Waals surface area contributed by atoms with Crippen LogP contribution in [0.25, 0.3) is 0 Å². The quantitative estimate of drug-likeness (QED) is 0.590. The Hall–Kier alpha value is -1.59. The molecule has 1 aromatic carbocycles. The highest BCUT2D eigenvalue weighted by atomic mass is 32.1. The fourth-order valence-electron chi connectivity index (χ4n) is 1.19. The number of aryl methyl sites for hydroxylation is 1. The van der Waals surface area contributed by atoms with Crippen LogP contribution in [-0.4, -0.2) is 0 Å². The van der Waals surface area contributed by atoms with Crippen molar-refractivity contribution in [2.75, 3.05) is 0 Å². The summed E-state index contributed by atoms with van der Waals surface area (Å²) in [5.74, 6) is 5.51. The minimum Gasteiger partial charge on any atom is -0.206 e. The maximum Gasteiger partial charge on any atom is 0.138 e. The Morgan fingerprint density at radius 1 is 1.07 bits per heavy atom. The highest BCUT2D eigenvalue weighted by molar-refractivity contribution is 7.12. The Morgan fingerprint density at radius 2 is 1.87 bits per heavy atom. The molecule has 0 radical (unpaired) electrons. The summed E-state index contributed by atoms with van der Waals surface area (Å²) in [5.41, 5.74) is 0.448. The number of halogens is 1. The molecule has 1 heterocycles. The molecule has 2 aromatic rings. The van der Waals surface area contributed by atoms with Gasteiger partial charge in [0.25, 0.3) is 0 Å². The summed E-state index contributed by atoms with van der Waals surface area (Å²) >= 11 is 1.62. The molecule has 0 nitrogen and oxygen atoms in total. The largest absolute Gasteiger partial charge is 0.206 e. The van der Waals surface area contributed by atoms with Gasteiger partial charge in [-0.05, 0) is 31.2 Å². The van der Waals surface area contributed by atoms with E-state index >= 15 is 0 Å². The van der Waals surface area contributed by atoms with E-state index in [-0.39, 0.29) is 5.82 Å². The predicted octanol–water partition coefficient (Wildman–Crippen LogP) is 3.60. The van der Waals surface area contributed by atoms with Crippen molar-refractivity contribution in [2.45, 2.75) is 6.92 Å². The van der Waals surface area contributed by atoms with Crippen LogP contribution in [0.4, 0.5) is 4.39 Å². The van der Waals surface area contributed by atoms with Crippen molar-refractivity contribution in [1.82, 2.24) is 0 Å². The fraction of sp³-hybridized carbons (Fsp3) is 0.0769. The number of rotatable bonds is 0. The Balaban J connectivity index is 2.30. The van der Waals surface area contributed by atoms with E-state index in [1.54, 1.807) is 29.5 Å². The highest BCUT2D eigenvalue weighted by Crippen LogP contribution is 2.13. The summed E-state index contributed by atoms with van der Waals surface area (Å²) in [6, 6.07) is 10.5. The molecule has 15 heavy (non-hydrogen) atoms. The topological polar surface area (TPSA) is 0 Å². The maximum atomic E-state index is 13.2. The lowest BCUT2D eigenvalue weighted by Crippen LogP contribution is -1.80. The number of hydrogen-bond donors (Lipinski definition) is 0. The number of thiophene rings is 1. The minimum atomic E-state index is -0.265. The molecule has 1 aromatic heterocycles. The molecule has 0 aliphatic heterocycles. The third kappa shape index (κ3) is 2.45. The molecule has 0 fully saturated rings. The van der Waals surface area contributed by atoms with Crippen LogP contribution in [0, 0.1) is 24.6 Å². The zero-order chi connectivity index (χ0) is 10.7. The van der Waals surface area contributed by atoms with Crippen LogP contribution >= 0.6 is 11.3 Å². The van der Waals surface area contributed by atoms with Crippen LogP contribution in [0.15, 0.2) is 36.4 Å². The molecule has 0 amide bonds. The second kappa shape index (κ2) is 4.29. The van der Waals surface area contributed by atoms with Gasteiger partial charge in [-0.3, -0.25) is 0 Å². The van der Waals surface area contributed by atoms with E-state index in [9.17, 15) is 4.39 Å². The zero-order valence-corrected chi connectivity index (χ0v) is 9.07. The summed E-state index contributed by atoms with van der Waals surface area (Å²) in [6.07, 6.45) is 0. The smallest absolute Gasteiger partial charge is 0.138 e. The average Bonchev–Trinajstić information content (AvgIpc) is 2.63. The van der Waals surface area contributed by atoms with Gasteiger partial charge in [-0.15, -0.1) is 11.3 Å². The monoisotopic (exact) mass is 216 g/mol. The van der Waals surface area contributed by atoms with E-state index in [1.165, 1.54) is 10.9 Å². The van der Waals surface area contributed by atoms with Crippen molar-refractivity contribution in [2.24, 2.45) is 0 Å². The summed E-state index contributed by atoms with van der Waals surface area (Å²) in [7, 11) is 0. The molecule has 0 aliphatic carbocycles. The van der Waals surface area contributed by atoms with Gasteiger partial charge in [-0.1, -0.05) is 24.0 Å². The van der Waals surface area contributed by atoms with E-state index in [2.05, 4.69) is 11.8 Å². The van der Waals surface area contributed by atoms with Gasteiger partial charge >= 0.3 is 0 Å². The van der Waals surface area contributed by atoms with E-state index in [0.29, 0.717) is 5.56 Å². The van der Waals surface area contributed by atoms with Crippen LogP contribution in [0.1, 0.15) is 15.3 Å². The van der Waals surface area contributed by atoms with Crippen molar-refractivity contribution in [3.05, 3.63) is 57.5 Å². The molecule has 0 saturated heterocycles. The van der Waals surface area contributed by atoms with Gasteiger partial charge in [0, 0.05) is 4.88 Å². The van der Waals surface area contributed by atoms with Gasteiger partial charge in [0.05, 0.1) is 10.4 Å². The first-order valence-corrected chi connectivity index (χ1v) is 5.40. The summed E-state index contributed by atoms with van der Waals surface area (Å²) in [5, 5.41) is 0. The average molecular weight is 216 g/mol. The summed E-state index contributed by atoms with van der Waals surface area (Å²) in [6.45, 7) is 2.03. The van der Waals surface area contributed by atoms with E-state index in [1.807, 2.05) is 19.1 Å². The Morgan fingerprint density at radius 3 is 2.53 bits per heavy atom. The Bertz CT molecular complexity index is 529. The van der Waals surface area contributed by atoms with Crippen LogP contribution in [-0.2, 0) is 0 Å². The summed E-state index contributed by atoms with van der Waals surface area (Å²) in [4.78, 5) is 2.18. The number of benzene rings is 1. The lowest BCUT2D eigenvalue weighted by molar-refractivity contribution is 0.624. The zero-order valence-electron chi connectivity index (χ0n) is 8.25. The molecule has 2 heteroatoms. The van der Waals surface area contributed by atoms with Crippen molar-refractivity contribution in [3.63, 3.8) is 0 Å². The molecule has 2 rings (SSSR count). The van der Waals surface area contributed by atoms with Crippen LogP contribution in [0.5, 0.6) is 0 Å². The van der Waals surface area contributed by atoms with Crippen LogP contribution in [0.2, 0.25) is 0 Å². The predicted molar refractivity (Wildman–Crippen MR) is 61.4 cm³/mol. The third-order valence-electron chi connectivity index (χ3n) is 1.93. The second-order valence-electron chi connectivity index (χ2n) is 3.14. The van der Waals surface area contributed by atoms with Crippen molar-refractivity contribution in [1.29, 1.82) is 0 Å². The molecule has 0 spiro atoms. The van der Waals surface area contributed by atoms with E-state index in [0.717, 1.165) is 4.88 Å². The second-order valence-corrected chi connectivity index (χ2v) is 4.43.